The smallest absolute Gasteiger partial charge is 0.338 e. The van der Waals surface area contributed by atoms with E-state index >= 15 is 0 Å². The molecule has 0 aliphatic rings. The molecule has 0 N–H and O–H groups in total. The van der Waals surface area contributed by atoms with E-state index in [0.717, 1.165) is 0 Å². The Kier molecular flexibility index (Phi) is 6.08. The zero-order valence-electron chi connectivity index (χ0n) is 14.8. The minimum Gasteiger partial charge on any atom is -0.487 e. The Bertz CT molecular complexity index is 777. The van der Waals surface area contributed by atoms with Gasteiger partial charge in [0.15, 0.2) is 0 Å². The molecule has 0 radical (unpaired) electrons. The van der Waals surface area contributed by atoms with Crippen LogP contribution in [0.3, 0.4) is 0 Å². The summed E-state index contributed by atoms with van der Waals surface area (Å²) in [6.45, 7) is 4.58. The molecule has 2 aromatic rings. The van der Waals surface area contributed by atoms with Gasteiger partial charge in [-0.25, -0.2) is 13.6 Å². The normalized spacial score (nSPS) is 11.3. The van der Waals surface area contributed by atoms with Crippen molar-refractivity contribution in [3.63, 3.8) is 0 Å². The molecule has 2 rings (SSSR count). The van der Waals surface area contributed by atoms with Crippen molar-refractivity contribution in [2.24, 2.45) is 0 Å². The third-order valence-electron chi connectivity index (χ3n) is 3.34. The van der Waals surface area contributed by atoms with Gasteiger partial charge in [-0.2, -0.15) is 0 Å². The van der Waals surface area contributed by atoms with Gasteiger partial charge in [0.25, 0.3) is 6.43 Å². The highest BCUT2D eigenvalue weighted by Crippen LogP contribution is 2.31. The highest BCUT2D eigenvalue weighted by Gasteiger charge is 2.18. The number of hydrogen-bond acceptors (Lipinski definition) is 4. The number of ether oxygens (including phenoxy) is 2. The summed E-state index contributed by atoms with van der Waals surface area (Å²) in [4.78, 5) is 23.1. The molecular formula is C20H20F2O4. The summed E-state index contributed by atoms with van der Waals surface area (Å²) < 4.78 is 35.3. The highest BCUT2D eigenvalue weighted by atomic mass is 19.3. The first-order valence-corrected chi connectivity index (χ1v) is 8.03. The molecule has 0 amide bonds. The van der Waals surface area contributed by atoms with Crippen molar-refractivity contribution in [1.82, 2.24) is 0 Å². The Hall–Kier alpha value is -2.76. The number of esters is 1. The van der Waals surface area contributed by atoms with E-state index in [2.05, 4.69) is 0 Å². The van der Waals surface area contributed by atoms with E-state index in [1.165, 1.54) is 12.1 Å². The van der Waals surface area contributed by atoms with Crippen molar-refractivity contribution in [2.75, 3.05) is 6.61 Å². The number of rotatable bonds is 6. The quantitative estimate of drug-likeness (QED) is 0.549. The number of benzene rings is 2. The molecule has 0 aliphatic heterocycles. The Labute approximate surface area is 150 Å². The van der Waals surface area contributed by atoms with Gasteiger partial charge in [0.05, 0.1) is 5.56 Å². The van der Waals surface area contributed by atoms with E-state index in [4.69, 9.17) is 9.47 Å². The average molecular weight is 362 g/mol. The summed E-state index contributed by atoms with van der Waals surface area (Å²) in [6.07, 6.45) is -1.95. The lowest BCUT2D eigenvalue weighted by Gasteiger charge is -2.19. The van der Waals surface area contributed by atoms with Gasteiger partial charge in [-0.05, 0) is 56.7 Å². The minimum absolute atomic E-state index is 0.237. The van der Waals surface area contributed by atoms with Gasteiger partial charge in [-0.3, -0.25) is 4.79 Å². The number of carbonyl (C=O) groups excluding carboxylic acids is 2. The molecule has 0 saturated heterocycles. The summed E-state index contributed by atoms with van der Waals surface area (Å²) >= 11 is 0. The SMILES string of the molecule is CC(C)(C)OC(=O)c1ccc(-c2cc(C=O)ccc2OCC(F)F)cc1. The van der Waals surface area contributed by atoms with E-state index in [1.807, 2.05) is 0 Å². The summed E-state index contributed by atoms with van der Waals surface area (Å²) in [5.74, 6) is -0.221. The lowest BCUT2D eigenvalue weighted by molar-refractivity contribution is 0.00694. The van der Waals surface area contributed by atoms with Crippen LogP contribution in [0.15, 0.2) is 42.5 Å². The van der Waals surface area contributed by atoms with Gasteiger partial charge in [0.1, 0.15) is 24.2 Å². The monoisotopic (exact) mass is 362 g/mol. The van der Waals surface area contributed by atoms with Gasteiger partial charge in [-0.1, -0.05) is 12.1 Å². The maximum Gasteiger partial charge on any atom is 0.338 e. The van der Waals surface area contributed by atoms with Crippen LogP contribution in [0, 0.1) is 0 Å². The van der Waals surface area contributed by atoms with Crippen molar-refractivity contribution in [3.05, 3.63) is 53.6 Å². The highest BCUT2D eigenvalue weighted by molar-refractivity contribution is 5.90. The number of carbonyl (C=O) groups is 2. The van der Waals surface area contributed by atoms with Crippen molar-refractivity contribution >= 4 is 12.3 Å². The molecule has 0 aromatic heterocycles. The maximum absolute atomic E-state index is 12.4. The largest absolute Gasteiger partial charge is 0.487 e. The standard InChI is InChI=1S/C20H20F2O4/c1-20(2,3)26-19(24)15-7-5-14(6-8-15)16-10-13(11-23)4-9-17(16)25-12-18(21)22/h4-11,18H,12H2,1-3H3. The third kappa shape index (κ3) is 5.37. The second-order valence-corrected chi connectivity index (χ2v) is 6.65. The van der Waals surface area contributed by atoms with Crippen LogP contribution in [-0.2, 0) is 4.74 Å². The summed E-state index contributed by atoms with van der Waals surface area (Å²) in [7, 11) is 0. The predicted octanol–water partition coefficient (Wildman–Crippen LogP) is 4.77. The zero-order valence-corrected chi connectivity index (χ0v) is 14.8. The minimum atomic E-state index is -2.61. The summed E-state index contributed by atoms with van der Waals surface area (Å²) in [5.41, 5.74) is 1.27. The molecule has 0 fully saturated rings. The average Bonchev–Trinajstić information content (AvgIpc) is 2.58. The van der Waals surface area contributed by atoms with Crippen molar-refractivity contribution in [3.8, 4) is 16.9 Å². The first-order valence-electron chi connectivity index (χ1n) is 8.03. The van der Waals surface area contributed by atoms with Crippen LogP contribution in [0.25, 0.3) is 11.1 Å². The fraction of sp³-hybridized carbons (Fsp3) is 0.300. The molecule has 26 heavy (non-hydrogen) atoms. The number of hydrogen-bond donors (Lipinski definition) is 0. The first-order chi connectivity index (χ1) is 12.2. The summed E-state index contributed by atoms with van der Waals surface area (Å²) in [6, 6.07) is 11.0. The molecule has 0 heterocycles. The Morgan fingerprint density at radius 1 is 1.12 bits per heavy atom. The molecule has 0 spiro atoms. The van der Waals surface area contributed by atoms with Gasteiger partial charge < -0.3 is 9.47 Å². The van der Waals surface area contributed by atoms with Gasteiger partial charge >= 0.3 is 5.97 Å². The number of halogens is 2. The van der Waals surface area contributed by atoms with Gasteiger partial charge in [-0.15, -0.1) is 0 Å². The molecule has 0 aliphatic carbocycles. The molecular weight excluding hydrogens is 342 g/mol. The lowest BCUT2D eigenvalue weighted by Crippen LogP contribution is -2.23. The summed E-state index contributed by atoms with van der Waals surface area (Å²) in [5, 5.41) is 0. The van der Waals surface area contributed by atoms with E-state index < -0.39 is 24.6 Å². The molecule has 0 bridgehead atoms. The molecule has 6 heteroatoms. The fourth-order valence-electron chi connectivity index (χ4n) is 2.25. The Morgan fingerprint density at radius 2 is 1.77 bits per heavy atom. The van der Waals surface area contributed by atoms with Crippen LogP contribution in [0.5, 0.6) is 5.75 Å². The fourth-order valence-corrected chi connectivity index (χ4v) is 2.25. The Balaban J connectivity index is 2.32. The third-order valence-corrected chi connectivity index (χ3v) is 3.34. The van der Waals surface area contributed by atoms with E-state index in [9.17, 15) is 18.4 Å². The van der Waals surface area contributed by atoms with E-state index in [-0.39, 0.29) is 5.75 Å². The van der Waals surface area contributed by atoms with Crippen LogP contribution < -0.4 is 4.74 Å². The van der Waals surface area contributed by atoms with Crippen LogP contribution in [0.2, 0.25) is 0 Å². The molecule has 2 aromatic carbocycles. The second kappa shape index (κ2) is 8.08. The Morgan fingerprint density at radius 3 is 2.31 bits per heavy atom. The number of alkyl halides is 2. The lowest BCUT2D eigenvalue weighted by atomic mass is 10.0. The zero-order chi connectivity index (χ0) is 19.3. The van der Waals surface area contributed by atoms with E-state index in [1.54, 1.807) is 51.1 Å². The molecule has 0 unspecified atom stereocenters. The molecule has 138 valence electrons. The van der Waals surface area contributed by atoms with Crippen molar-refractivity contribution < 1.29 is 27.8 Å². The molecule has 4 nitrogen and oxygen atoms in total. The van der Waals surface area contributed by atoms with Crippen LogP contribution >= 0.6 is 0 Å². The van der Waals surface area contributed by atoms with Crippen LogP contribution in [0.1, 0.15) is 41.5 Å². The first kappa shape index (κ1) is 19.6. The van der Waals surface area contributed by atoms with Crippen LogP contribution in [-0.4, -0.2) is 30.9 Å². The van der Waals surface area contributed by atoms with Gasteiger partial charge in [0, 0.05) is 11.1 Å². The molecule has 0 saturated carbocycles. The predicted molar refractivity (Wildman–Crippen MR) is 93.9 cm³/mol. The van der Waals surface area contributed by atoms with Crippen molar-refractivity contribution in [1.29, 1.82) is 0 Å². The number of aldehydes is 1. The van der Waals surface area contributed by atoms with Crippen LogP contribution in [0.4, 0.5) is 8.78 Å². The topological polar surface area (TPSA) is 52.6 Å². The van der Waals surface area contributed by atoms with Gasteiger partial charge in [0.2, 0.25) is 0 Å². The van der Waals surface area contributed by atoms with E-state index in [0.29, 0.717) is 28.5 Å². The molecule has 0 atom stereocenters. The second-order valence-electron chi connectivity index (χ2n) is 6.65. The maximum atomic E-state index is 12.4. The van der Waals surface area contributed by atoms with Crippen molar-refractivity contribution in [2.45, 2.75) is 32.8 Å².